The molecule has 2 rings (SSSR count). The van der Waals surface area contributed by atoms with Gasteiger partial charge in [-0.05, 0) is 12.1 Å². The van der Waals surface area contributed by atoms with Crippen molar-refractivity contribution in [1.82, 2.24) is 4.90 Å². The van der Waals surface area contributed by atoms with E-state index in [0.717, 1.165) is 17.0 Å². The highest BCUT2D eigenvalue weighted by molar-refractivity contribution is 7.99. The number of carbonyl (C=O) groups excluding carboxylic acids is 1. The van der Waals surface area contributed by atoms with Gasteiger partial charge in [0.2, 0.25) is 5.91 Å². The lowest BCUT2D eigenvalue weighted by molar-refractivity contribution is -0.147. The number of carboxylic acids is 1. The first-order valence-electron chi connectivity index (χ1n) is 5.53. The summed E-state index contributed by atoms with van der Waals surface area (Å²) in [6, 6.07) is 2.43. The molecule has 0 aromatic heterocycles. The molecule has 1 aromatic rings. The Morgan fingerprint density at radius 1 is 1.37 bits per heavy atom. The molecule has 19 heavy (non-hydrogen) atoms. The summed E-state index contributed by atoms with van der Waals surface area (Å²) in [5, 5.41) is 8.95. The van der Waals surface area contributed by atoms with Crippen LogP contribution in [0.4, 0.5) is 8.78 Å². The van der Waals surface area contributed by atoms with Crippen LogP contribution in [-0.4, -0.2) is 39.6 Å². The number of carboxylic acid groups (broad SMARTS) is 1. The first-order chi connectivity index (χ1) is 9.00. The van der Waals surface area contributed by atoms with Crippen molar-refractivity contribution >= 4 is 23.6 Å². The van der Waals surface area contributed by atoms with E-state index in [1.165, 1.54) is 17.8 Å². The highest BCUT2D eigenvalue weighted by Crippen LogP contribution is 2.23. The highest BCUT2D eigenvalue weighted by Gasteiger charge is 2.34. The number of hydrogen-bond donors (Lipinski definition) is 1. The molecule has 7 heteroatoms. The quantitative estimate of drug-likeness (QED) is 0.915. The van der Waals surface area contributed by atoms with Gasteiger partial charge >= 0.3 is 5.97 Å². The van der Waals surface area contributed by atoms with Gasteiger partial charge in [-0.25, -0.2) is 13.6 Å². The van der Waals surface area contributed by atoms with Crippen LogP contribution in [0.25, 0.3) is 0 Å². The van der Waals surface area contributed by atoms with Crippen LogP contribution >= 0.6 is 11.8 Å². The van der Waals surface area contributed by atoms with Crippen LogP contribution in [-0.2, 0) is 16.0 Å². The van der Waals surface area contributed by atoms with Gasteiger partial charge < -0.3 is 10.0 Å². The molecule has 0 aliphatic carbocycles. The normalized spacial score (nSPS) is 18.6. The maximum atomic E-state index is 13.4. The second kappa shape index (κ2) is 5.56. The lowest BCUT2D eigenvalue weighted by Crippen LogP contribution is -2.42. The van der Waals surface area contributed by atoms with Gasteiger partial charge in [0, 0.05) is 11.3 Å². The average Bonchev–Trinajstić information content (AvgIpc) is 2.83. The third-order valence-corrected chi connectivity index (χ3v) is 3.89. The lowest BCUT2D eigenvalue weighted by Gasteiger charge is -2.20. The summed E-state index contributed by atoms with van der Waals surface area (Å²) in [4.78, 5) is 24.0. The van der Waals surface area contributed by atoms with Gasteiger partial charge in [-0.3, -0.25) is 4.79 Å². The lowest BCUT2D eigenvalue weighted by atomic mass is 10.1. The molecule has 102 valence electrons. The van der Waals surface area contributed by atoms with Crippen molar-refractivity contribution in [1.29, 1.82) is 0 Å². The minimum atomic E-state index is -1.10. The fourth-order valence-corrected chi connectivity index (χ4v) is 3.02. The Kier molecular flexibility index (Phi) is 4.04. The zero-order valence-electron chi connectivity index (χ0n) is 9.81. The van der Waals surface area contributed by atoms with Gasteiger partial charge in [0.25, 0.3) is 0 Å². The van der Waals surface area contributed by atoms with Crippen LogP contribution in [0.2, 0.25) is 0 Å². The number of thioether (sulfide) groups is 1. The first-order valence-corrected chi connectivity index (χ1v) is 6.69. The van der Waals surface area contributed by atoms with Crippen LogP contribution in [0.1, 0.15) is 5.56 Å². The summed E-state index contributed by atoms with van der Waals surface area (Å²) < 4.78 is 26.8. The highest BCUT2D eigenvalue weighted by atomic mass is 32.2. The molecule has 1 aromatic carbocycles. The monoisotopic (exact) mass is 287 g/mol. The molecule has 0 radical (unpaired) electrons. The number of carbonyl (C=O) groups is 2. The number of aliphatic carboxylic acids is 1. The van der Waals surface area contributed by atoms with Crippen molar-refractivity contribution in [2.24, 2.45) is 0 Å². The van der Waals surface area contributed by atoms with E-state index in [-0.39, 0.29) is 11.4 Å². The largest absolute Gasteiger partial charge is 0.480 e. The molecule has 1 heterocycles. The van der Waals surface area contributed by atoms with Gasteiger partial charge in [0.1, 0.15) is 17.7 Å². The molecule has 1 aliphatic rings. The van der Waals surface area contributed by atoms with Crippen molar-refractivity contribution in [2.45, 2.75) is 12.5 Å². The van der Waals surface area contributed by atoms with Crippen molar-refractivity contribution in [2.75, 3.05) is 11.6 Å². The van der Waals surface area contributed by atoms with E-state index in [9.17, 15) is 18.4 Å². The Bertz CT molecular complexity index is 503. The Hall–Kier alpha value is -1.63. The van der Waals surface area contributed by atoms with Gasteiger partial charge in [0.15, 0.2) is 0 Å². The Labute approximate surface area is 112 Å². The van der Waals surface area contributed by atoms with E-state index in [2.05, 4.69) is 0 Å². The Morgan fingerprint density at radius 2 is 2.00 bits per heavy atom. The fraction of sp³-hybridized carbons (Fsp3) is 0.333. The summed E-state index contributed by atoms with van der Waals surface area (Å²) in [6.07, 6.45) is -0.469. The molecule has 0 saturated carbocycles. The maximum Gasteiger partial charge on any atom is 0.327 e. The predicted octanol–water partition coefficient (Wildman–Crippen LogP) is 1.49. The summed E-state index contributed by atoms with van der Waals surface area (Å²) in [5.41, 5.74) is -0.325. The van der Waals surface area contributed by atoms with Gasteiger partial charge in [-0.1, -0.05) is 6.07 Å². The third kappa shape index (κ3) is 2.86. The molecule has 0 spiro atoms. The SMILES string of the molecule is O=C(O)[C@@H]1CSCN1C(=O)Cc1c(F)cccc1F. The number of halogens is 2. The Morgan fingerprint density at radius 3 is 2.58 bits per heavy atom. The average molecular weight is 287 g/mol. The summed E-state index contributed by atoms with van der Waals surface area (Å²) in [6.45, 7) is 0. The van der Waals surface area contributed by atoms with Crippen molar-refractivity contribution in [3.63, 3.8) is 0 Å². The molecule has 1 aliphatic heterocycles. The molecule has 1 atom stereocenters. The standard InChI is InChI=1S/C12H11F2NO3S/c13-8-2-1-3-9(14)7(8)4-11(16)15-6-19-5-10(15)12(17)18/h1-3,10H,4-6H2,(H,17,18)/t10-/m0/s1. The molecule has 1 amide bonds. The van der Waals surface area contributed by atoms with Crippen LogP contribution < -0.4 is 0 Å². The minimum absolute atomic E-state index is 0.228. The molecule has 1 N–H and O–H groups in total. The van der Waals surface area contributed by atoms with Crippen molar-refractivity contribution in [3.8, 4) is 0 Å². The van der Waals surface area contributed by atoms with E-state index in [1.807, 2.05) is 0 Å². The fourth-order valence-electron chi connectivity index (χ4n) is 1.85. The maximum absolute atomic E-state index is 13.4. The van der Waals surface area contributed by atoms with Crippen molar-refractivity contribution < 1.29 is 23.5 Å². The third-order valence-electron chi connectivity index (χ3n) is 2.88. The zero-order chi connectivity index (χ0) is 14.0. The smallest absolute Gasteiger partial charge is 0.327 e. The molecular weight excluding hydrogens is 276 g/mol. The Balaban J connectivity index is 2.15. The molecule has 1 fully saturated rings. The second-order valence-electron chi connectivity index (χ2n) is 4.09. The van der Waals surface area contributed by atoms with Crippen molar-refractivity contribution in [3.05, 3.63) is 35.4 Å². The van der Waals surface area contributed by atoms with Gasteiger partial charge in [-0.15, -0.1) is 11.8 Å². The number of amides is 1. The minimum Gasteiger partial charge on any atom is -0.480 e. The van der Waals surface area contributed by atoms with Gasteiger partial charge in [0.05, 0.1) is 12.3 Å². The summed E-state index contributed by atoms with van der Waals surface area (Å²) in [7, 11) is 0. The van der Waals surface area contributed by atoms with Crippen LogP contribution in [0.5, 0.6) is 0 Å². The van der Waals surface area contributed by atoms with E-state index in [0.29, 0.717) is 5.75 Å². The number of hydrogen-bond acceptors (Lipinski definition) is 3. The van der Waals surface area contributed by atoms with Crippen LogP contribution in [0, 0.1) is 11.6 Å². The number of benzene rings is 1. The van der Waals surface area contributed by atoms with E-state index >= 15 is 0 Å². The number of rotatable bonds is 3. The van der Waals surface area contributed by atoms with E-state index in [1.54, 1.807) is 0 Å². The molecular formula is C12H11F2NO3S. The van der Waals surface area contributed by atoms with E-state index in [4.69, 9.17) is 5.11 Å². The second-order valence-corrected chi connectivity index (χ2v) is 5.09. The topological polar surface area (TPSA) is 57.6 Å². The summed E-state index contributed by atoms with van der Waals surface area (Å²) >= 11 is 1.30. The van der Waals surface area contributed by atoms with Gasteiger partial charge in [-0.2, -0.15) is 0 Å². The zero-order valence-corrected chi connectivity index (χ0v) is 10.6. The summed E-state index contributed by atoms with van der Waals surface area (Å²) in [5.74, 6) is -2.76. The van der Waals surface area contributed by atoms with Crippen LogP contribution in [0.3, 0.4) is 0 Å². The molecule has 0 unspecified atom stereocenters. The molecule has 0 bridgehead atoms. The number of nitrogens with zero attached hydrogens (tertiary/aromatic N) is 1. The predicted molar refractivity (Wildman–Crippen MR) is 65.7 cm³/mol. The molecule has 4 nitrogen and oxygen atoms in total. The van der Waals surface area contributed by atoms with Crippen LogP contribution in [0.15, 0.2) is 18.2 Å². The first kappa shape index (κ1) is 13.8. The van der Waals surface area contributed by atoms with E-state index < -0.39 is 36.0 Å². The molecule has 1 saturated heterocycles.